The highest BCUT2D eigenvalue weighted by Gasteiger charge is 2.24. The highest BCUT2D eigenvalue weighted by Crippen LogP contribution is 2.20. The smallest absolute Gasteiger partial charge is 0.337 e. The molecule has 0 aromatic heterocycles. The molecular weight excluding hydrogens is 284 g/mol. The van der Waals surface area contributed by atoms with Crippen LogP contribution in [0.4, 0.5) is 5.69 Å². The van der Waals surface area contributed by atoms with E-state index < -0.39 is 0 Å². The van der Waals surface area contributed by atoms with Gasteiger partial charge in [-0.15, -0.1) is 0 Å². The molecule has 22 heavy (non-hydrogen) atoms. The third-order valence-corrected chi connectivity index (χ3v) is 3.46. The van der Waals surface area contributed by atoms with Crippen molar-refractivity contribution in [1.29, 1.82) is 0 Å². The summed E-state index contributed by atoms with van der Waals surface area (Å²) in [4.78, 5) is 26.3. The van der Waals surface area contributed by atoms with Gasteiger partial charge < -0.3 is 14.4 Å². The van der Waals surface area contributed by atoms with Crippen molar-refractivity contribution < 1.29 is 19.1 Å². The molecule has 1 fully saturated rings. The number of esters is 1. The molecule has 1 amide bonds. The minimum atomic E-state index is -0.366. The number of rotatable bonds is 5. The van der Waals surface area contributed by atoms with Crippen LogP contribution in [0.2, 0.25) is 0 Å². The standard InChI is InChI=1S/C16H20N2O4/c1-3-7-18(12-19)15-11-17(8-9-22-15)14-6-4-5-13(10-14)16(20)21-2/h3-7,10,12,15H,8-9,11H2,1-2H3/b7-3+. The van der Waals surface area contributed by atoms with E-state index in [4.69, 9.17) is 9.47 Å². The number of anilines is 1. The van der Waals surface area contributed by atoms with Gasteiger partial charge in [0.25, 0.3) is 0 Å². The molecule has 2 rings (SSSR count). The maximum absolute atomic E-state index is 11.6. The quantitative estimate of drug-likeness (QED) is 0.611. The van der Waals surface area contributed by atoms with Crippen LogP contribution in [0.3, 0.4) is 0 Å². The second-order valence-electron chi connectivity index (χ2n) is 4.85. The molecule has 6 heteroatoms. The Morgan fingerprint density at radius 3 is 3.00 bits per heavy atom. The summed E-state index contributed by atoms with van der Waals surface area (Å²) < 4.78 is 10.4. The summed E-state index contributed by atoms with van der Waals surface area (Å²) in [5.41, 5.74) is 1.41. The highest BCUT2D eigenvalue weighted by molar-refractivity contribution is 5.90. The van der Waals surface area contributed by atoms with E-state index in [9.17, 15) is 9.59 Å². The number of morpholine rings is 1. The lowest BCUT2D eigenvalue weighted by Crippen LogP contribution is -2.49. The van der Waals surface area contributed by atoms with Crippen molar-refractivity contribution in [3.05, 3.63) is 42.1 Å². The summed E-state index contributed by atoms with van der Waals surface area (Å²) in [6.45, 7) is 3.59. The molecule has 0 bridgehead atoms. The van der Waals surface area contributed by atoms with Crippen molar-refractivity contribution in [2.24, 2.45) is 0 Å². The van der Waals surface area contributed by atoms with Crippen molar-refractivity contribution in [3.8, 4) is 0 Å². The van der Waals surface area contributed by atoms with Crippen LogP contribution in [0.5, 0.6) is 0 Å². The number of hydrogen-bond donors (Lipinski definition) is 0. The average Bonchev–Trinajstić information content (AvgIpc) is 2.59. The van der Waals surface area contributed by atoms with Gasteiger partial charge in [-0.25, -0.2) is 4.79 Å². The van der Waals surface area contributed by atoms with Gasteiger partial charge in [0.15, 0.2) is 6.23 Å². The van der Waals surface area contributed by atoms with Crippen LogP contribution in [-0.2, 0) is 14.3 Å². The summed E-state index contributed by atoms with van der Waals surface area (Å²) in [5, 5.41) is 0. The fraction of sp³-hybridized carbons (Fsp3) is 0.375. The number of methoxy groups -OCH3 is 1. The Labute approximate surface area is 129 Å². The number of amides is 1. The zero-order chi connectivity index (χ0) is 15.9. The molecule has 1 aromatic carbocycles. The molecule has 1 aliphatic rings. The molecular formula is C16H20N2O4. The number of ether oxygens (including phenoxy) is 2. The van der Waals surface area contributed by atoms with E-state index in [1.54, 1.807) is 24.4 Å². The van der Waals surface area contributed by atoms with Crippen LogP contribution in [-0.4, -0.2) is 50.3 Å². The first kappa shape index (κ1) is 16.0. The summed E-state index contributed by atoms with van der Waals surface area (Å²) in [6.07, 6.45) is 3.88. The minimum absolute atomic E-state index is 0.343. The van der Waals surface area contributed by atoms with Gasteiger partial charge in [-0.2, -0.15) is 0 Å². The molecule has 1 aliphatic heterocycles. The van der Waals surface area contributed by atoms with Crippen LogP contribution in [0, 0.1) is 0 Å². The molecule has 1 aromatic rings. The molecule has 0 spiro atoms. The third kappa shape index (κ3) is 3.65. The maximum atomic E-state index is 11.6. The first-order valence-electron chi connectivity index (χ1n) is 7.10. The van der Waals surface area contributed by atoms with Gasteiger partial charge in [-0.3, -0.25) is 9.69 Å². The molecule has 0 aliphatic carbocycles. The second kappa shape index (κ2) is 7.61. The Hall–Kier alpha value is -2.34. The molecule has 1 atom stereocenters. The Kier molecular flexibility index (Phi) is 5.55. The van der Waals surface area contributed by atoms with Crippen LogP contribution in [0.1, 0.15) is 17.3 Å². The molecule has 1 saturated heterocycles. The lowest BCUT2D eigenvalue weighted by Gasteiger charge is -2.37. The zero-order valence-corrected chi connectivity index (χ0v) is 12.8. The van der Waals surface area contributed by atoms with Crippen molar-refractivity contribution in [2.45, 2.75) is 13.2 Å². The highest BCUT2D eigenvalue weighted by atomic mass is 16.5. The molecule has 0 saturated carbocycles. The molecule has 0 radical (unpaired) electrons. The molecule has 1 unspecified atom stereocenters. The summed E-state index contributed by atoms with van der Waals surface area (Å²) in [7, 11) is 1.36. The van der Waals surface area contributed by atoms with E-state index in [0.29, 0.717) is 25.3 Å². The van der Waals surface area contributed by atoms with Gasteiger partial charge in [0.05, 0.1) is 25.8 Å². The monoisotopic (exact) mass is 304 g/mol. The van der Waals surface area contributed by atoms with E-state index in [1.165, 1.54) is 12.0 Å². The van der Waals surface area contributed by atoms with Crippen LogP contribution in [0.25, 0.3) is 0 Å². The van der Waals surface area contributed by atoms with E-state index in [0.717, 1.165) is 12.1 Å². The van der Waals surface area contributed by atoms with E-state index in [-0.39, 0.29) is 12.2 Å². The normalized spacial score (nSPS) is 18.3. The van der Waals surface area contributed by atoms with Gasteiger partial charge in [0.2, 0.25) is 6.41 Å². The minimum Gasteiger partial charge on any atom is -0.465 e. The van der Waals surface area contributed by atoms with Crippen LogP contribution in [0.15, 0.2) is 36.5 Å². The maximum Gasteiger partial charge on any atom is 0.337 e. The zero-order valence-electron chi connectivity index (χ0n) is 12.8. The molecule has 118 valence electrons. The predicted octanol–water partition coefficient (Wildman–Crippen LogP) is 1.63. The summed E-state index contributed by atoms with van der Waals surface area (Å²) in [6, 6.07) is 7.24. The number of hydrogen-bond acceptors (Lipinski definition) is 5. The van der Waals surface area contributed by atoms with Crippen molar-refractivity contribution in [3.63, 3.8) is 0 Å². The largest absolute Gasteiger partial charge is 0.465 e. The fourth-order valence-corrected chi connectivity index (χ4v) is 2.36. The first-order chi connectivity index (χ1) is 10.7. The van der Waals surface area contributed by atoms with E-state index in [2.05, 4.69) is 4.90 Å². The fourth-order valence-electron chi connectivity index (χ4n) is 2.36. The Balaban J connectivity index is 2.15. The Morgan fingerprint density at radius 2 is 2.32 bits per heavy atom. The van der Waals surface area contributed by atoms with Gasteiger partial charge in [0.1, 0.15) is 0 Å². The molecule has 1 heterocycles. The van der Waals surface area contributed by atoms with Crippen LogP contribution >= 0.6 is 0 Å². The first-order valence-corrected chi connectivity index (χ1v) is 7.10. The van der Waals surface area contributed by atoms with Crippen molar-refractivity contribution in [1.82, 2.24) is 4.90 Å². The van der Waals surface area contributed by atoms with Gasteiger partial charge in [-0.05, 0) is 25.1 Å². The summed E-state index contributed by atoms with van der Waals surface area (Å²) >= 11 is 0. The van der Waals surface area contributed by atoms with Crippen LogP contribution < -0.4 is 4.90 Å². The van der Waals surface area contributed by atoms with E-state index >= 15 is 0 Å². The topological polar surface area (TPSA) is 59.1 Å². The number of benzene rings is 1. The van der Waals surface area contributed by atoms with Gasteiger partial charge in [0, 0.05) is 18.4 Å². The number of carbonyl (C=O) groups excluding carboxylic acids is 2. The Morgan fingerprint density at radius 1 is 1.50 bits per heavy atom. The van der Waals surface area contributed by atoms with Crippen molar-refractivity contribution >= 4 is 18.1 Å². The van der Waals surface area contributed by atoms with E-state index in [1.807, 2.05) is 19.1 Å². The summed E-state index contributed by atoms with van der Waals surface area (Å²) in [5.74, 6) is -0.366. The Bertz CT molecular complexity index is 559. The molecule has 6 nitrogen and oxygen atoms in total. The third-order valence-electron chi connectivity index (χ3n) is 3.46. The predicted molar refractivity (Wildman–Crippen MR) is 82.5 cm³/mol. The van der Waals surface area contributed by atoms with Gasteiger partial charge in [-0.1, -0.05) is 12.1 Å². The molecule has 0 N–H and O–H groups in total. The lowest BCUT2D eigenvalue weighted by molar-refractivity contribution is -0.128. The number of allylic oxidation sites excluding steroid dienone is 1. The average molecular weight is 304 g/mol. The number of nitrogens with zero attached hydrogens (tertiary/aromatic N) is 2. The van der Waals surface area contributed by atoms with Crippen molar-refractivity contribution in [2.75, 3.05) is 31.7 Å². The van der Waals surface area contributed by atoms with Gasteiger partial charge >= 0.3 is 5.97 Å². The number of carbonyl (C=O) groups is 2. The lowest BCUT2D eigenvalue weighted by atomic mass is 10.1. The second-order valence-corrected chi connectivity index (χ2v) is 4.85. The SMILES string of the molecule is C/C=C/N(C=O)C1CN(c2cccc(C(=O)OC)c2)CCO1.